The largest absolute Gasteiger partial charge is 0.351 e. The van der Waals surface area contributed by atoms with Crippen LogP contribution in [-0.4, -0.2) is 30.6 Å². The molecule has 4 heteroatoms. The second-order valence-electron chi connectivity index (χ2n) is 4.78. The molecule has 3 N–H and O–H groups in total. The summed E-state index contributed by atoms with van der Waals surface area (Å²) in [4.78, 5) is 12.7. The molecule has 0 bridgehead atoms. The van der Waals surface area contributed by atoms with E-state index in [0.717, 1.165) is 19.6 Å². The Morgan fingerprint density at radius 3 is 2.56 bits per heavy atom. The summed E-state index contributed by atoms with van der Waals surface area (Å²) in [6.45, 7) is 2.56. The van der Waals surface area contributed by atoms with Crippen LogP contribution in [-0.2, 0) is 0 Å². The molecule has 16 heavy (non-hydrogen) atoms. The zero-order valence-corrected chi connectivity index (χ0v) is 9.02. The van der Waals surface area contributed by atoms with Gasteiger partial charge in [-0.2, -0.15) is 0 Å². The maximum atomic E-state index is 11.0. The highest BCUT2D eigenvalue weighted by Gasteiger charge is 2.56. The minimum atomic E-state index is -0.302. The quantitative estimate of drug-likeness (QED) is 0.728. The minimum Gasteiger partial charge on any atom is -0.351 e. The predicted molar refractivity (Wildman–Crippen MR) is 60.8 cm³/mol. The molecule has 2 heterocycles. The lowest BCUT2D eigenvalue weighted by Gasteiger charge is -2.60. The van der Waals surface area contributed by atoms with Gasteiger partial charge >= 0.3 is 6.03 Å². The van der Waals surface area contributed by atoms with Crippen LogP contribution in [0.15, 0.2) is 30.3 Å². The molecule has 2 fully saturated rings. The molecule has 0 saturated carbocycles. The molecule has 1 spiro atoms. The summed E-state index contributed by atoms with van der Waals surface area (Å²) in [6, 6.07) is 10.5. The molecule has 1 atom stereocenters. The summed E-state index contributed by atoms with van der Waals surface area (Å²) in [5, 5.41) is 3.44. The third kappa shape index (κ3) is 1.23. The van der Waals surface area contributed by atoms with E-state index in [1.54, 1.807) is 4.90 Å². The van der Waals surface area contributed by atoms with Crippen molar-refractivity contribution < 1.29 is 4.79 Å². The lowest BCUT2D eigenvalue weighted by Crippen LogP contribution is -2.73. The highest BCUT2D eigenvalue weighted by Crippen LogP contribution is 2.47. The molecule has 4 nitrogen and oxygen atoms in total. The van der Waals surface area contributed by atoms with Crippen molar-refractivity contribution in [2.45, 2.75) is 6.04 Å². The van der Waals surface area contributed by atoms with Crippen molar-refractivity contribution >= 4 is 6.03 Å². The molecule has 1 unspecified atom stereocenters. The van der Waals surface area contributed by atoms with Crippen molar-refractivity contribution in [3.8, 4) is 0 Å². The van der Waals surface area contributed by atoms with Gasteiger partial charge in [0.15, 0.2) is 0 Å². The first-order chi connectivity index (χ1) is 7.71. The molecule has 0 aliphatic carbocycles. The Kier molecular flexibility index (Phi) is 1.94. The van der Waals surface area contributed by atoms with Crippen molar-refractivity contribution in [3.05, 3.63) is 35.9 Å². The fraction of sp³-hybridized carbons (Fsp3) is 0.417. The molecule has 1 aromatic rings. The normalized spacial score (nSPS) is 26.0. The molecule has 0 aromatic heterocycles. The second-order valence-corrected chi connectivity index (χ2v) is 4.78. The highest BCUT2D eigenvalue weighted by atomic mass is 16.2. The molecule has 2 amide bonds. The summed E-state index contributed by atoms with van der Waals surface area (Å²) in [6.07, 6.45) is 0. The van der Waals surface area contributed by atoms with Gasteiger partial charge in [-0.1, -0.05) is 30.3 Å². The van der Waals surface area contributed by atoms with Crippen LogP contribution in [0.5, 0.6) is 0 Å². The van der Waals surface area contributed by atoms with Crippen molar-refractivity contribution in [3.63, 3.8) is 0 Å². The number of hydrogen-bond donors (Lipinski definition) is 2. The van der Waals surface area contributed by atoms with Crippen LogP contribution in [0.2, 0.25) is 0 Å². The fourth-order valence-corrected chi connectivity index (χ4v) is 2.77. The number of likely N-dealkylation sites (tertiary alicyclic amines) is 1. The van der Waals surface area contributed by atoms with Crippen LogP contribution in [0.4, 0.5) is 4.79 Å². The number of urea groups is 1. The molecular weight excluding hydrogens is 202 g/mol. The van der Waals surface area contributed by atoms with E-state index in [2.05, 4.69) is 17.4 Å². The van der Waals surface area contributed by atoms with Crippen LogP contribution < -0.4 is 11.1 Å². The molecule has 3 rings (SSSR count). The van der Waals surface area contributed by atoms with E-state index in [9.17, 15) is 4.79 Å². The first-order valence-electron chi connectivity index (χ1n) is 5.54. The number of carbonyl (C=O) groups is 1. The molecular formula is C12H15N3O. The average Bonchev–Trinajstić information content (AvgIpc) is 2.15. The standard InChI is InChI=1S/C12H15N3O/c13-11(16)15-7-12(8-15)6-14-10(12)9-4-2-1-3-5-9/h1-5,10,14H,6-8H2,(H2,13,16). The first kappa shape index (κ1) is 9.66. The van der Waals surface area contributed by atoms with E-state index in [-0.39, 0.29) is 11.4 Å². The summed E-state index contributed by atoms with van der Waals surface area (Å²) >= 11 is 0. The topological polar surface area (TPSA) is 58.4 Å². The molecule has 2 aliphatic heterocycles. The van der Waals surface area contributed by atoms with Gasteiger partial charge in [0, 0.05) is 31.1 Å². The first-order valence-corrected chi connectivity index (χ1v) is 5.54. The summed E-state index contributed by atoms with van der Waals surface area (Å²) in [7, 11) is 0. The Morgan fingerprint density at radius 2 is 2.06 bits per heavy atom. The van der Waals surface area contributed by atoms with Gasteiger partial charge in [0.1, 0.15) is 0 Å². The Hall–Kier alpha value is -1.55. The lowest BCUT2D eigenvalue weighted by molar-refractivity contribution is -0.0556. The zero-order chi connectivity index (χ0) is 11.2. The van der Waals surface area contributed by atoms with Gasteiger partial charge in [-0.25, -0.2) is 4.79 Å². The third-order valence-electron chi connectivity index (χ3n) is 3.73. The molecule has 0 radical (unpaired) electrons. The van der Waals surface area contributed by atoms with Crippen LogP contribution in [0, 0.1) is 5.41 Å². The number of benzene rings is 1. The number of carbonyl (C=O) groups excluding carboxylic acids is 1. The highest BCUT2D eigenvalue weighted by molar-refractivity contribution is 5.73. The summed E-state index contributed by atoms with van der Waals surface area (Å²) < 4.78 is 0. The second kappa shape index (κ2) is 3.22. The maximum absolute atomic E-state index is 11.0. The Morgan fingerprint density at radius 1 is 1.38 bits per heavy atom. The van der Waals surface area contributed by atoms with Crippen molar-refractivity contribution in [2.24, 2.45) is 11.1 Å². The van der Waals surface area contributed by atoms with E-state index in [4.69, 9.17) is 5.73 Å². The predicted octanol–water partition coefficient (Wildman–Crippen LogP) is 0.712. The summed E-state index contributed by atoms with van der Waals surface area (Å²) in [5.74, 6) is 0. The van der Waals surface area contributed by atoms with E-state index >= 15 is 0 Å². The minimum absolute atomic E-state index is 0.233. The van der Waals surface area contributed by atoms with Gasteiger partial charge in [0.05, 0.1) is 0 Å². The number of nitrogens with zero attached hydrogens (tertiary/aromatic N) is 1. The Bertz CT molecular complexity index is 412. The fourth-order valence-electron chi connectivity index (χ4n) is 2.77. The Labute approximate surface area is 94.4 Å². The SMILES string of the molecule is NC(=O)N1CC2(CNC2c2ccccc2)C1. The van der Waals surface area contributed by atoms with Crippen LogP contribution in [0.3, 0.4) is 0 Å². The van der Waals surface area contributed by atoms with Crippen molar-refractivity contribution in [1.82, 2.24) is 10.2 Å². The molecule has 2 saturated heterocycles. The van der Waals surface area contributed by atoms with E-state index in [0.29, 0.717) is 6.04 Å². The maximum Gasteiger partial charge on any atom is 0.314 e. The van der Waals surface area contributed by atoms with Gasteiger partial charge in [0.25, 0.3) is 0 Å². The smallest absolute Gasteiger partial charge is 0.314 e. The molecule has 2 aliphatic rings. The molecule has 84 valence electrons. The van der Waals surface area contributed by atoms with Crippen LogP contribution in [0.1, 0.15) is 11.6 Å². The van der Waals surface area contributed by atoms with Gasteiger partial charge in [-0.3, -0.25) is 0 Å². The number of primary amides is 1. The van der Waals surface area contributed by atoms with Gasteiger partial charge < -0.3 is 16.0 Å². The van der Waals surface area contributed by atoms with E-state index in [1.807, 2.05) is 18.2 Å². The lowest BCUT2D eigenvalue weighted by atomic mass is 9.65. The number of nitrogens with one attached hydrogen (secondary N) is 1. The van der Waals surface area contributed by atoms with E-state index in [1.165, 1.54) is 5.56 Å². The number of hydrogen-bond acceptors (Lipinski definition) is 2. The number of rotatable bonds is 1. The number of nitrogens with two attached hydrogens (primary N) is 1. The summed E-state index contributed by atoms with van der Waals surface area (Å²) in [5.41, 5.74) is 6.78. The van der Waals surface area contributed by atoms with Crippen LogP contribution in [0.25, 0.3) is 0 Å². The van der Waals surface area contributed by atoms with Crippen molar-refractivity contribution in [2.75, 3.05) is 19.6 Å². The Balaban J connectivity index is 1.74. The van der Waals surface area contributed by atoms with Crippen molar-refractivity contribution in [1.29, 1.82) is 0 Å². The number of amides is 2. The zero-order valence-electron chi connectivity index (χ0n) is 9.02. The van der Waals surface area contributed by atoms with Gasteiger partial charge in [-0.15, -0.1) is 0 Å². The average molecular weight is 217 g/mol. The third-order valence-corrected chi connectivity index (χ3v) is 3.73. The van der Waals surface area contributed by atoms with Gasteiger partial charge in [0.2, 0.25) is 0 Å². The van der Waals surface area contributed by atoms with Gasteiger partial charge in [-0.05, 0) is 5.56 Å². The monoisotopic (exact) mass is 217 g/mol. The van der Waals surface area contributed by atoms with Crippen LogP contribution >= 0.6 is 0 Å². The van der Waals surface area contributed by atoms with E-state index < -0.39 is 0 Å². The molecule has 1 aromatic carbocycles.